The fraction of sp³-hybridized carbons (Fsp3) is 0.500. The van der Waals surface area contributed by atoms with Gasteiger partial charge in [0.25, 0.3) is 0 Å². The third kappa shape index (κ3) is 6.50. The molecule has 0 aliphatic heterocycles. The van der Waals surface area contributed by atoms with Crippen LogP contribution in [0.25, 0.3) is 0 Å². The van der Waals surface area contributed by atoms with E-state index in [1.807, 2.05) is 6.07 Å². The molecule has 0 radical (unpaired) electrons. The normalized spacial score (nSPS) is 12.7. The van der Waals surface area contributed by atoms with Crippen molar-refractivity contribution in [2.24, 2.45) is 5.92 Å². The van der Waals surface area contributed by atoms with Gasteiger partial charge in [-0.3, -0.25) is 0 Å². The zero-order valence-electron chi connectivity index (χ0n) is 9.45. The fourth-order valence-corrected chi connectivity index (χ4v) is 0.969. The number of nitriles is 1. The highest BCUT2D eigenvalue weighted by atomic mass is 16.4. The Morgan fingerprint density at radius 2 is 2.07 bits per heavy atom. The molecule has 0 heterocycles. The van der Waals surface area contributed by atoms with Crippen molar-refractivity contribution in [3.63, 3.8) is 0 Å². The van der Waals surface area contributed by atoms with Crippen molar-refractivity contribution >= 4 is 5.97 Å². The summed E-state index contributed by atoms with van der Waals surface area (Å²) in [6, 6.07) is 1.95. The highest BCUT2D eigenvalue weighted by Crippen LogP contribution is 2.12. The number of aliphatic carboxylic acids is 1. The molecule has 0 aromatic carbocycles. The van der Waals surface area contributed by atoms with Crippen molar-refractivity contribution in [2.45, 2.75) is 33.6 Å². The minimum Gasteiger partial charge on any atom is -0.478 e. The number of hydrogen-bond acceptors (Lipinski definition) is 2. The molecule has 3 heteroatoms. The second-order valence-electron chi connectivity index (χ2n) is 3.89. The van der Waals surface area contributed by atoms with Gasteiger partial charge in [0, 0.05) is 11.1 Å². The summed E-state index contributed by atoms with van der Waals surface area (Å²) in [6.07, 6.45) is 4.45. The lowest BCUT2D eigenvalue weighted by Crippen LogP contribution is -2.02. The quantitative estimate of drug-likeness (QED) is 0.428. The number of allylic oxidation sites excluding steroid dienone is 3. The number of carboxylic acid groups (broad SMARTS) is 1. The van der Waals surface area contributed by atoms with E-state index in [4.69, 9.17) is 10.4 Å². The Hall–Kier alpha value is -1.56. The second kappa shape index (κ2) is 6.83. The first-order valence-corrected chi connectivity index (χ1v) is 4.98. The van der Waals surface area contributed by atoms with Crippen molar-refractivity contribution in [2.75, 3.05) is 0 Å². The van der Waals surface area contributed by atoms with E-state index in [9.17, 15) is 4.79 Å². The van der Waals surface area contributed by atoms with Gasteiger partial charge in [-0.05, 0) is 31.8 Å². The first-order valence-electron chi connectivity index (χ1n) is 4.98. The molecule has 0 aliphatic carbocycles. The first-order chi connectivity index (χ1) is 6.97. The van der Waals surface area contributed by atoms with Gasteiger partial charge in [0.2, 0.25) is 0 Å². The average Bonchev–Trinajstić information content (AvgIpc) is 2.16. The summed E-state index contributed by atoms with van der Waals surface area (Å²) >= 11 is 0. The van der Waals surface area contributed by atoms with Crippen LogP contribution in [-0.4, -0.2) is 11.1 Å². The summed E-state index contributed by atoms with van der Waals surface area (Å²) in [7, 11) is 0. The maximum Gasteiger partial charge on any atom is 0.331 e. The Morgan fingerprint density at radius 1 is 1.47 bits per heavy atom. The molecule has 0 unspecified atom stereocenters. The number of rotatable bonds is 5. The van der Waals surface area contributed by atoms with Crippen LogP contribution in [0.3, 0.4) is 0 Å². The Bertz CT molecular complexity index is 319. The highest BCUT2D eigenvalue weighted by molar-refractivity contribution is 5.86. The third-order valence-corrected chi connectivity index (χ3v) is 1.98. The van der Waals surface area contributed by atoms with Crippen LogP contribution >= 0.6 is 0 Å². The minimum atomic E-state index is -0.905. The molecule has 0 aliphatic rings. The van der Waals surface area contributed by atoms with Crippen LogP contribution in [0.1, 0.15) is 33.6 Å². The molecule has 0 amide bonds. The largest absolute Gasteiger partial charge is 0.478 e. The van der Waals surface area contributed by atoms with Gasteiger partial charge in [-0.2, -0.15) is 5.26 Å². The molecule has 0 rings (SSSR count). The van der Waals surface area contributed by atoms with Gasteiger partial charge in [0.05, 0.1) is 6.07 Å². The minimum absolute atomic E-state index is 0.360. The standard InChI is InChI=1S/C12H17NO2/c1-9(2)4-6-11(12(14)15)7-5-10(3)8-13/h5,7,9H,4,6H2,1-3H3,(H,14,15). The lowest BCUT2D eigenvalue weighted by molar-refractivity contribution is -0.132. The summed E-state index contributed by atoms with van der Waals surface area (Å²) < 4.78 is 0. The van der Waals surface area contributed by atoms with Crippen molar-refractivity contribution < 1.29 is 9.90 Å². The molecule has 0 aromatic heterocycles. The van der Waals surface area contributed by atoms with Gasteiger partial charge in [-0.1, -0.05) is 19.9 Å². The van der Waals surface area contributed by atoms with E-state index >= 15 is 0 Å². The Balaban J connectivity index is 4.54. The molecule has 82 valence electrons. The molecule has 3 nitrogen and oxygen atoms in total. The third-order valence-electron chi connectivity index (χ3n) is 1.98. The summed E-state index contributed by atoms with van der Waals surface area (Å²) in [5, 5.41) is 17.4. The lowest BCUT2D eigenvalue weighted by Gasteiger charge is -2.04. The number of carbonyl (C=O) groups is 1. The highest BCUT2D eigenvalue weighted by Gasteiger charge is 2.06. The Kier molecular flexibility index (Phi) is 6.12. The van der Waals surface area contributed by atoms with Gasteiger partial charge >= 0.3 is 5.97 Å². The van der Waals surface area contributed by atoms with Crippen molar-refractivity contribution in [1.82, 2.24) is 0 Å². The van der Waals surface area contributed by atoms with Crippen LogP contribution in [0.2, 0.25) is 0 Å². The van der Waals surface area contributed by atoms with Gasteiger partial charge in [-0.25, -0.2) is 4.79 Å². The molecule has 0 bridgehead atoms. The zero-order valence-corrected chi connectivity index (χ0v) is 9.45. The second-order valence-corrected chi connectivity index (χ2v) is 3.89. The number of carboxylic acids is 1. The predicted octanol–water partition coefficient (Wildman–Crippen LogP) is 2.90. The van der Waals surface area contributed by atoms with Crippen LogP contribution in [0.4, 0.5) is 0 Å². The summed E-state index contributed by atoms with van der Waals surface area (Å²) in [4.78, 5) is 10.8. The van der Waals surface area contributed by atoms with E-state index in [1.165, 1.54) is 6.08 Å². The fourth-order valence-electron chi connectivity index (χ4n) is 0.969. The Morgan fingerprint density at radius 3 is 2.47 bits per heavy atom. The van der Waals surface area contributed by atoms with Crippen molar-refractivity contribution in [3.05, 3.63) is 23.3 Å². The molecule has 1 N–H and O–H groups in total. The number of hydrogen-bond donors (Lipinski definition) is 1. The smallest absolute Gasteiger partial charge is 0.331 e. The van der Waals surface area contributed by atoms with Crippen LogP contribution in [0.5, 0.6) is 0 Å². The van der Waals surface area contributed by atoms with Crippen LogP contribution in [-0.2, 0) is 4.79 Å². The van der Waals surface area contributed by atoms with E-state index in [1.54, 1.807) is 13.0 Å². The molecule has 0 aromatic rings. The zero-order chi connectivity index (χ0) is 11.8. The molecular weight excluding hydrogens is 190 g/mol. The predicted molar refractivity (Wildman–Crippen MR) is 59.2 cm³/mol. The van der Waals surface area contributed by atoms with Crippen molar-refractivity contribution in [3.8, 4) is 6.07 Å². The van der Waals surface area contributed by atoms with Gasteiger partial charge in [-0.15, -0.1) is 0 Å². The van der Waals surface area contributed by atoms with E-state index in [-0.39, 0.29) is 0 Å². The van der Waals surface area contributed by atoms with Gasteiger partial charge in [0.1, 0.15) is 0 Å². The Labute approximate surface area is 90.7 Å². The molecule has 0 fully saturated rings. The van der Waals surface area contributed by atoms with Crippen LogP contribution < -0.4 is 0 Å². The molecule has 0 atom stereocenters. The maximum atomic E-state index is 10.8. The van der Waals surface area contributed by atoms with Crippen LogP contribution in [0.15, 0.2) is 23.3 Å². The van der Waals surface area contributed by atoms with Gasteiger partial charge < -0.3 is 5.11 Å². The van der Waals surface area contributed by atoms with E-state index in [0.29, 0.717) is 23.5 Å². The lowest BCUT2D eigenvalue weighted by atomic mass is 10.0. The molecule has 0 saturated carbocycles. The molecule has 0 spiro atoms. The first kappa shape index (κ1) is 13.4. The summed E-state index contributed by atoms with van der Waals surface area (Å²) in [5.41, 5.74) is 0.872. The van der Waals surface area contributed by atoms with Gasteiger partial charge in [0.15, 0.2) is 0 Å². The topological polar surface area (TPSA) is 61.1 Å². The summed E-state index contributed by atoms with van der Waals surface area (Å²) in [5.74, 6) is -0.425. The SMILES string of the molecule is CC(C#N)=CC=C(CCC(C)C)C(=O)O. The van der Waals surface area contributed by atoms with Crippen molar-refractivity contribution in [1.29, 1.82) is 5.26 Å². The monoisotopic (exact) mass is 207 g/mol. The number of nitrogens with zero attached hydrogens (tertiary/aromatic N) is 1. The van der Waals surface area contributed by atoms with E-state index in [0.717, 1.165) is 6.42 Å². The van der Waals surface area contributed by atoms with Crippen LogP contribution in [0, 0.1) is 17.2 Å². The molecule has 0 saturated heterocycles. The molecular formula is C12H17NO2. The maximum absolute atomic E-state index is 10.8. The van der Waals surface area contributed by atoms with E-state index < -0.39 is 5.97 Å². The average molecular weight is 207 g/mol. The molecule has 15 heavy (non-hydrogen) atoms. The van der Waals surface area contributed by atoms with E-state index in [2.05, 4.69) is 13.8 Å². The summed E-state index contributed by atoms with van der Waals surface area (Å²) in [6.45, 7) is 5.75.